The maximum absolute atomic E-state index is 12.8. The summed E-state index contributed by atoms with van der Waals surface area (Å²) in [6, 6.07) is 7.21. The lowest BCUT2D eigenvalue weighted by atomic mass is 10.2. The van der Waals surface area contributed by atoms with Crippen LogP contribution < -0.4 is 5.43 Å². The molecule has 0 atom stereocenters. The SMILES string of the molecule is O=C(N/N=C/c1cc([N+](=O)[O-])c(Cl)cc1Cl)c1ccc(F)cc1. The van der Waals surface area contributed by atoms with Gasteiger partial charge in [-0.05, 0) is 30.3 Å². The molecule has 0 aliphatic rings. The van der Waals surface area contributed by atoms with E-state index in [9.17, 15) is 19.3 Å². The Hall–Kier alpha value is -2.51. The molecule has 0 saturated carbocycles. The normalized spacial score (nSPS) is 10.7. The number of carbonyl (C=O) groups excluding carboxylic acids is 1. The van der Waals surface area contributed by atoms with Gasteiger partial charge in [-0.2, -0.15) is 5.10 Å². The van der Waals surface area contributed by atoms with E-state index in [0.29, 0.717) is 0 Å². The summed E-state index contributed by atoms with van der Waals surface area (Å²) >= 11 is 11.6. The van der Waals surface area contributed by atoms with Crippen LogP contribution in [0.25, 0.3) is 0 Å². The zero-order valence-electron chi connectivity index (χ0n) is 11.3. The van der Waals surface area contributed by atoms with E-state index in [0.717, 1.165) is 24.4 Å². The lowest BCUT2D eigenvalue weighted by Crippen LogP contribution is -2.17. The summed E-state index contributed by atoms with van der Waals surface area (Å²) in [5.41, 5.74) is 2.29. The van der Waals surface area contributed by atoms with Crippen molar-refractivity contribution in [1.29, 1.82) is 0 Å². The minimum absolute atomic E-state index is 0.104. The van der Waals surface area contributed by atoms with Gasteiger partial charge in [-0.3, -0.25) is 14.9 Å². The summed E-state index contributed by atoms with van der Waals surface area (Å²) in [5, 5.41) is 14.5. The summed E-state index contributed by atoms with van der Waals surface area (Å²) in [5.74, 6) is -1.04. The van der Waals surface area contributed by atoms with Crippen molar-refractivity contribution >= 4 is 41.0 Å². The first-order chi connectivity index (χ1) is 10.9. The fourth-order valence-corrected chi connectivity index (χ4v) is 2.12. The number of nitrogens with one attached hydrogen (secondary N) is 1. The quantitative estimate of drug-likeness (QED) is 0.514. The number of carbonyl (C=O) groups is 1. The molecule has 0 aliphatic carbocycles. The van der Waals surface area contributed by atoms with Gasteiger partial charge in [0.25, 0.3) is 11.6 Å². The third-order valence-electron chi connectivity index (χ3n) is 2.74. The van der Waals surface area contributed by atoms with Crippen molar-refractivity contribution in [2.75, 3.05) is 0 Å². The van der Waals surface area contributed by atoms with E-state index in [1.807, 2.05) is 0 Å². The average molecular weight is 356 g/mol. The van der Waals surface area contributed by atoms with Crippen molar-refractivity contribution in [3.8, 4) is 0 Å². The number of nitro benzene ring substituents is 1. The molecule has 0 saturated heterocycles. The van der Waals surface area contributed by atoms with E-state index in [1.54, 1.807) is 0 Å². The Bertz CT molecular complexity index is 795. The molecule has 0 aliphatic heterocycles. The van der Waals surface area contributed by atoms with Crippen molar-refractivity contribution in [3.05, 3.63) is 73.5 Å². The molecule has 0 spiro atoms. The van der Waals surface area contributed by atoms with Gasteiger partial charge in [-0.25, -0.2) is 9.82 Å². The standard InChI is InChI=1S/C14H8Cl2FN3O3/c15-11-6-12(16)13(20(22)23)5-9(11)7-18-19-14(21)8-1-3-10(17)4-2-8/h1-7H,(H,19,21)/b18-7+. The Kier molecular flexibility index (Phi) is 5.25. The predicted octanol–water partition coefficient (Wildman–Crippen LogP) is 3.80. The highest BCUT2D eigenvalue weighted by Crippen LogP contribution is 2.29. The highest BCUT2D eigenvalue weighted by atomic mass is 35.5. The monoisotopic (exact) mass is 355 g/mol. The van der Waals surface area contributed by atoms with Gasteiger partial charge in [0.15, 0.2) is 0 Å². The van der Waals surface area contributed by atoms with Crippen LogP contribution in [0, 0.1) is 15.9 Å². The Labute approximate surface area is 139 Å². The Morgan fingerprint density at radius 3 is 2.48 bits per heavy atom. The van der Waals surface area contributed by atoms with Crippen LogP contribution in [0.2, 0.25) is 10.0 Å². The van der Waals surface area contributed by atoms with Gasteiger partial charge >= 0.3 is 0 Å². The smallest absolute Gasteiger partial charge is 0.267 e. The number of halogens is 3. The van der Waals surface area contributed by atoms with Crippen LogP contribution in [0.3, 0.4) is 0 Å². The first kappa shape index (κ1) is 16.9. The number of nitrogens with zero attached hydrogens (tertiary/aromatic N) is 2. The number of rotatable bonds is 4. The first-order valence-electron chi connectivity index (χ1n) is 6.11. The zero-order valence-corrected chi connectivity index (χ0v) is 12.8. The minimum Gasteiger partial charge on any atom is -0.267 e. The fraction of sp³-hybridized carbons (Fsp3) is 0. The Morgan fingerprint density at radius 2 is 1.87 bits per heavy atom. The molecule has 23 heavy (non-hydrogen) atoms. The Morgan fingerprint density at radius 1 is 1.22 bits per heavy atom. The van der Waals surface area contributed by atoms with Gasteiger partial charge < -0.3 is 0 Å². The number of nitro groups is 1. The van der Waals surface area contributed by atoms with E-state index < -0.39 is 16.6 Å². The number of hydrogen-bond acceptors (Lipinski definition) is 4. The number of hydrazone groups is 1. The molecule has 1 amide bonds. The van der Waals surface area contributed by atoms with Crippen molar-refractivity contribution in [3.63, 3.8) is 0 Å². The van der Waals surface area contributed by atoms with Gasteiger partial charge in [0.1, 0.15) is 10.8 Å². The van der Waals surface area contributed by atoms with E-state index in [4.69, 9.17) is 23.2 Å². The van der Waals surface area contributed by atoms with Gasteiger partial charge in [-0.15, -0.1) is 0 Å². The molecule has 0 fully saturated rings. The highest BCUT2D eigenvalue weighted by molar-refractivity contribution is 6.37. The summed E-state index contributed by atoms with van der Waals surface area (Å²) in [6.07, 6.45) is 1.15. The summed E-state index contributed by atoms with van der Waals surface area (Å²) in [4.78, 5) is 21.9. The summed E-state index contributed by atoms with van der Waals surface area (Å²) < 4.78 is 12.8. The lowest BCUT2D eigenvalue weighted by molar-refractivity contribution is -0.384. The third kappa shape index (κ3) is 4.24. The van der Waals surface area contributed by atoms with Gasteiger partial charge in [0.05, 0.1) is 16.2 Å². The van der Waals surface area contributed by atoms with Crippen molar-refractivity contribution in [1.82, 2.24) is 5.43 Å². The third-order valence-corrected chi connectivity index (χ3v) is 3.37. The second-order valence-corrected chi connectivity index (χ2v) is 5.10. The first-order valence-corrected chi connectivity index (χ1v) is 6.86. The van der Waals surface area contributed by atoms with E-state index in [1.165, 1.54) is 18.2 Å². The average Bonchev–Trinajstić information content (AvgIpc) is 2.49. The van der Waals surface area contributed by atoms with Gasteiger partial charge in [-0.1, -0.05) is 23.2 Å². The molecule has 0 radical (unpaired) electrons. The van der Waals surface area contributed by atoms with Crippen LogP contribution in [0.15, 0.2) is 41.5 Å². The molecular formula is C14H8Cl2FN3O3. The maximum atomic E-state index is 12.8. The van der Waals surface area contributed by atoms with Crippen molar-refractivity contribution < 1.29 is 14.1 Å². The van der Waals surface area contributed by atoms with Crippen molar-refractivity contribution in [2.45, 2.75) is 0 Å². The fourth-order valence-electron chi connectivity index (χ4n) is 1.62. The second kappa shape index (κ2) is 7.17. The molecule has 0 aromatic heterocycles. The van der Waals surface area contributed by atoms with E-state index in [2.05, 4.69) is 10.5 Å². The van der Waals surface area contributed by atoms with Crippen LogP contribution in [0.4, 0.5) is 10.1 Å². The van der Waals surface area contributed by atoms with Crippen LogP contribution in [0.5, 0.6) is 0 Å². The molecule has 0 unspecified atom stereocenters. The molecule has 6 nitrogen and oxygen atoms in total. The minimum atomic E-state index is -0.660. The van der Waals surface area contributed by atoms with Crippen LogP contribution >= 0.6 is 23.2 Å². The highest BCUT2D eigenvalue weighted by Gasteiger charge is 2.15. The molecule has 2 rings (SSSR count). The summed E-state index contributed by atoms with van der Waals surface area (Å²) in [6.45, 7) is 0. The lowest BCUT2D eigenvalue weighted by Gasteiger charge is -2.02. The maximum Gasteiger partial charge on any atom is 0.288 e. The molecule has 118 valence electrons. The predicted molar refractivity (Wildman–Crippen MR) is 84.6 cm³/mol. The second-order valence-electron chi connectivity index (χ2n) is 4.29. The van der Waals surface area contributed by atoms with Crippen LogP contribution in [-0.4, -0.2) is 17.0 Å². The molecule has 2 aromatic carbocycles. The number of hydrogen-bond donors (Lipinski definition) is 1. The molecule has 9 heteroatoms. The Balaban J connectivity index is 2.14. The summed E-state index contributed by atoms with van der Waals surface area (Å²) in [7, 11) is 0. The molecule has 0 heterocycles. The van der Waals surface area contributed by atoms with Crippen molar-refractivity contribution in [2.24, 2.45) is 5.10 Å². The molecule has 2 aromatic rings. The van der Waals surface area contributed by atoms with Gasteiger partial charge in [0.2, 0.25) is 0 Å². The molecular weight excluding hydrogens is 348 g/mol. The zero-order chi connectivity index (χ0) is 17.0. The number of amides is 1. The van der Waals surface area contributed by atoms with Crippen LogP contribution in [0.1, 0.15) is 15.9 Å². The molecule has 0 bridgehead atoms. The van der Waals surface area contributed by atoms with Gasteiger partial charge in [0, 0.05) is 17.2 Å². The van der Waals surface area contributed by atoms with Crippen LogP contribution in [-0.2, 0) is 0 Å². The van der Waals surface area contributed by atoms with E-state index >= 15 is 0 Å². The largest absolute Gasteiger partial charge is 0.288 e. The van der Waals surface area contributed by atoms with E-state index in [-0.39, 0.29) is 26.9 Å². The molecule has 1 N–H and O–H groups in total. The number of benzene rings is 2. The topological polar surface area (TPSA) is 84.6 Å².